The Bertz CT molecular complexity index is 893. The number of nitrogens with zero attached hydrogens (tertiary/aromatic N) is 2. The van der Waals surface area contributed by atoms with E-state index in [1.165, 1.54) is 22.0 Å². The molecule has 0 bridgehead atoms. The third-order valence-electron chi connectivity index (χ3n) is 5.40. The summed E-state index contributed by atoms with van der Waals surface area (Å²) < 4.78 is 2.32. The van der Waals surface area contributed by atoms with Gasteiger partial charge in [0.15, 0.2) is 0 Å². The number of benzene rings is 2. The normalized spacial score (nSPS) is 16.2. The second-order valence-electron chi connectivity index (χ2n) is 7.17. The second kappa shape index (κ2) is 7.34. The highest BCUT2D eigenvalue weighted by Gasteiger charge is 2.25. The highest BCUT2D eigenvalue weighted by Crippen LogP contribution is 2.26. The lowest BCUT2D eigenvalue weighted by Crippen LogP contribution is -2.35. The van der Waals surface area contributed by atoms with E-state index < -0.39 is 5.97 Å². The highest BCUT2D eigenvalue weighted by atomic mass is 16.4. The number of hydrogen-bond acceptors (Lipinski definition) is 2. The molecule has 4 nitrogen and oxygen atoms in total. The van der Waals surface area contributed by atoms with E-state index in [9.17, 15) is 9.90 Å². The summed E-state index contributed by atoms with van der Waals surface area (Å²) in [5.74, 6) is -0.824. The zero-order chi connectivity index (χ0) is 17.9. The van der Waals surface area contributed by atoms with Crippen LogP contribution in [0.3, 0.4) is 0 Å². The van der Waals surface area contributed by atoms with E-state index in [4.69, 9.17) is 0 Å². The monoisotopic (exact) mass is 348 g/mol. The standard InChI is InChI=1S/C22H24N2O2/c25-22(26)18-10-12-23(13-11-18)15-19-16-24(14-17-6-2-1-3-7-17)21-9-5-4-8-20(19)21/h1-9,16,18H,10-15H2,(H,25,26). The quantitative estimate of drug-likeness (QED) is 0.758. The van der Waals surface area contributed by atoms with E-state index in [1.54, 1.807) is 0 Å². The summed E-state index contributed by atoms with van der Waals surface area (Å²) in [5.41, 5.74) is 3.87. The van der Waals surface area contributed by atoms with E-state index in [-0.39, 0.29) is 5.92 Å². The predicted octanol–water partition coefficient (Wildman–Crippen LogP) is 3.99. The van der Waals surface area contributed by atoms with Crippen molar-refractivity contribution in [1.29, 1.82) is 0 Å². The van der Waals surface area contributed by atoms with Crippen molar-refractivity contribution >= 4 is 16.9 Å². The molecule has 0 amide bonds. The second-order valence-corrected chi connectivity index (χ2v) is 7.17. The minimum atomic E-state index is -0.649. The molecule has 26 heavy (non-hydrogen) atoms. The number of rotatable bonds is 5. The van der Waals surface area contributed by atoms with Crippen LogP contribution in [0.15, 0.2) is 60.8 Å². The molecular weight excluding hydrogens is 324 g/mol. The minimum Gasteiger partial charge on any atom is -0.481 e. The average Bonchev–Trinajstić information content (AvgIpc) is 3.01. The maximum atomic E-state index is 11.1. The van der Waals surface area contributed by atoms with E-state index in [1.807, 2.05) is 6.07 Å². The smallest absolute Gasteiger partial charge is 0.306 e. The number of likely N-dealkylation sites (tertiary alicyclic amines) is 1. The molecule has 0 aliphatic carbocycles. The average molecular weight is 348 g/mol. The number of aromatic nitrogens is 1. The number of hydrogen-bond donors (Lipinski definition) is 1. The largest absolute Gasteiger partial charge is 0.481 e. The number of fused-ring (bicyclic) bond motifs is 1. The number of aliphatic carboxylic acids is 1. The molecule has 0 spiro atoms. The van der Waals surface area contributed by atoms with Gasteiger partial charge in [0, 0.05) is 30.2 Å². The van der Waals surface area contributed by atoms with E-state index in [0.717, 1.165) is 39.0 Å². The lowest BCUT2D eigenvalue weighted by Gasteiger charge is -2.29. The number of para-hydroxylation sites is 1. The molecule has 1 aliphatic heterocycles. The molecule has 1 aliphatic rings. The van der Waals surface area contributed by atoms with Crippen LogP contribution in [0.5, 0.6) is 0 Å². The summed E-state index contributed by atoms with van der Waals surface area (Å²) in [6, 6.07) is 19.1. The Kier molecular flexibility index (Phi) is 4.76. The molecule has 4 heteroatoms. The minimum absolute atomic E-state index is 0.175. The molecule has 0 unspecified atom stereocenters. The molecule has 0 atom stereocenters. The SMILES string of the molecule is O=C(O)C1CCN(Cc2cn(Cc3ccccc3)c3ccccc23)CC1. The molecule has 0 radical (unpaired) electrons. The van der Waals surface area contributed by atoms with Crippen molar-refractivity contribution in [1.82, 2.24) is 9.47 Å². The molecular formula is C22H24N2O2. The molecule has 2 heterocycles. The topological polar surface area (TPSA) is 45.5 Å². The molecule has 1 saturated heterocycles. The zero-order valence-corrected chi connectivity index (χ0v) is 14.8. The fourth-order valence-electron chi connectivity index (χ4n) is 3.94. The van der Waals surface area contributed by atoms with Gasteiger partial charge in [-0.3, -0.25) is 9.69 Å². The predicted molar refractivity (Wildman–Crippen MR) is 103 cm³/mol. The number of carboxylic acid groups (broad SMARTS) is 1. The van der Waals surface area contributed by atoms with Crippen LogP contribution in [-0.4, -0.2) is 33.6 Å². The van der Waals surface area contributed by atoms with Crippen LogP contribution in [0.4, 0.5) is 0 Å². The number of carbonyl (C=O) groups is 1. The number of carboxylic acids is 1. The Labute approximate surface area is 153 Å². The molecule has 1 aromatic heterocycles. The first-order chi connectivity index (χ1) is 12.7. The lowest BCUT2D eigenvalue weighted by molar-refractivity contribution is -0.143. The first kappa shape index (κ1) is 16.9. The van der Waals surface area contributed by atoms with Crippen LogP contribution in [0.25, 0.3) is 10.9 Å². The molecule has 3 aromatic rings. The molecule has 1 N–H and O–H groups in total. The summed E-state index contributed by atoms with van der Waals surface area (Å²) in [4.78, 5) is 13.5. The van der Waals surface area contributed by atoms with Crippen molar-refractivity contribution in [3.63, 3.8) is 0 Å². The Morgan fingerprint density at radius 2 is 1.65 bits per heavy atom. The molecule has 134 valence electrons. The first-order valence-corrected chi connectivity index (χ1v) is 9.26. The lowest BCUT2D eigenvalue weighted by atomic mass is 9.97. The Balaban J connectivity index is 1.55. The summed E-state index contributed by atoms with van der Waals surface area (Å²) in [5, 5.41) is 10.5. The van der Waals surface area contributed by atoms with Gasteiger partial charge in [0.2, 0.25) is 0 Å². The molecule has 0 saturated carbocycles. The van der Waals surface area contributed by atoms with Crippen molar-refractivity contribution in [2.24, 2.45) is 5.92 Å². The van der Waals surface area contributed by atoms with Crippen molar-refractivity contribution in [2.45, 2.75) is 25.9 Å². The third-order valence-corrected chi connectivity index (χ3v) is 5.40. The van der Waals surface area contributed by atoms with Crippen LogP contribution in [0.2, 0.25) is 0 Å². The Hall–Kier alpha value is -2.59. The van der Waals surface area contributed by atoms with Gasteiger partial charge in [-0.05, 0) is 43.1 Å². The Morgan fingerprint density at radius 1 is 0.962 bits per heavy atom. The summed E-state index contributed by atoms with van der Waals surface area (Å²) in [6.45, 7) is 3.46. The maximum Gasteiger partial charge on any atom is 0.306 e. The van der Waals surface area contributed by atoms with Gasteiger partial charge in [-0.15, -0.1) is 0 Å². The van der Waals surface area contributed by atoms with E-state index >= 15 is 0 Å². The molecule has 4 rings (SSSR count). The highest BCUT2D eigenvalue weighted by molar-refractivity contribution is 5.84. The van der Waals surface area contributed by atoms with Gasteiger partial charge >= 0.3 is 5.97 Å². The van der Waals surface area contributed by atoms with Crippen molar-refractivity contribution in [2.75, 3.05) is 13.1 Å². The molecule has 1 fully saturated rings. The van der Waals surface area contributed by atoms with Gasteiger partial charge in [-0.1, -0.05) is 48.5 Å². The van der Waals surface area contributed by atoms with Crippen LogP contribution in [0, 0.1) is 5.92 Å². The van der Waals surface area contributed by atoms with Gasteiger partial charge in [0.1, 0.15) is 0 Å². The number of piperidine rings is 1. The van der Waals surface area contributed by atoms with E-state index in [0.29, 0.717) is 0 Å². The summed E-state index contributed by atoms with van der Waals surface area (Å²) in [7, 11) is 0. The van der Waals surface area contributed by atoms with Crippen LogP contribution < -0.4 is 0 Å². The summed E-state index contributed by atoms with van der Waals surface area (Å²) >= 11 is 0. The first-order valence-electron chi connectivity index (χ1n) is 9.26. The fraction of sp³-hybridized carbons (Fsp3) is 0.318. The molecule has 2 aromatic carbocycles. The van der Waals surface area contributed by atoms with Gasteiger partial charge in [-0.25, -0.2) is 0 Å². The van der Waals surface area contributed by atoms with Gasteiger partial charge in [0.05, 0.1) is 5.92 Å². The van der Waals surface area contributed by atoms with Crippen molar-refractivity contribution in [3.8, 4) is 0 Å². The van der Waals surface area contributed by atoms with Gasteiger partial charge in [0.25, 0.3) is 0 Å². The van der Waals surface area contributed by atoms with Gasteiger partial charge < -0.3 is 9.67 Å². The van der Waals surface area contributed by atoms with E-state index in [2.05, 4.69) is 64.2 Å². The fourth-order valence-corrected chi connectivity index (χ4v) is 3.94. The Morgan fingerprint density at radius 3 is 2.38 bits per heavy atom. The summed E-state index contributed by atoms with van der Waals surface area (Å²) in [6.07, 6.45) is 3.76. The van der Waals surface area contributed by atoms with Crippen molar-refractivity contribution in [3.05, 3.63) is 71.9 Å². The van der Waals surface area contributed by atoms with Gasteiger partial charge in [-0.2, -0.15) is 0 Å². The van der Waals surface area contributed by atoms with Crippen LogP contribution >= 0.6 is 0 Å². The maximum absolute atomic E-state index is 11.1. The van der Waals surface area contributed by atoms with Crippen LogP contribution in [0.1, 0.15) is 24.0 Å². The third kappa shape index (κ3) is 3.51. The zero-order valence-electron chi connectivity index (χ0n) is 14.8. The van der Waals surface area contributed by atoms with Crippen molar-refractivity contribution < 1.29 is 9.90 Å². The van der Waals surface area contributed by atoms with Crippen LogP contribution in [-0.2, 0) is 17.9 Å².